The van der Waals surface area contributed by atoms with Gasteiger partial charge in [0.1, 0.15) is 11.3 Å². The van der Waals surface area contributed by atoms with Gasteiger partial charge in [0.25, 0.3) is 0 Å². The number of H-pyrrole nitrogens is 1. The van der Waals surface area contributed by atoms with E-state index in [0.29, 0.717) is 23.4 Å². The number of nitrogens with one attached hydrogen (secondary N) is 1. The normalized spacial score (nSPS) is 12.3. The standard InChI is InChI=1S/C12H12F4N2OS/c1-2-19-8-5-3-4-7-9(8)17-11(20)18(7)6-12(15,16)10(13)14/h3-5,10H,2,6H2,1H3,(H,17,20). The zero-order chi connectivity index (χ0) is 14.9. The Morgan fingerprint density at radius 1 is 1.40 bits per heavy atom. The summed E-state index contributed by atoms with van der Waals surface area (Å²) in [6.45, 7) is 0.979. The molecule has 0 bridgehead atoms. The van der Waals surface area contributed by atoms with Crippen LogP contribution < -0.4 is 4.74 Å². The number of para-hydroxylation sites is 1. The first kappa shape index (κ1) is 14.8. The topological polar surface area (TPSA) is 29.9 Å². The van der Waals surface area contributed by atoms with Crippen molar-refractivity contribution in [3.8, 4) is 5.75 Å². The molecule has 0 aliphatic rings. The van der Waals surface area contributed by atoms with Gasteiger partial charge in [-0.05, 0) is 31.3 Å². The number of aromatic amines is 1. The molecule has 0 aliphatic heterocycles. The number of rotatable bonds is 5. The second-order valence-electron chi connectivity index (χ2n) is 4.16. The van der Waals surface area contributed by atoms with Gasteiger partial charge < -0.3 is 14.3 Å². The molecule has 0 aliphatic carbocycles. The minimum Gasteiger partial charge on any atom is -0.492 e. The first-order valence-corrected chi connectivity index (χ1v) is 6.28. The van der Waals surface area contributed by atoms with Crippen molar-refractivity contribution in [1.82, 2.24) is 9.55 Å². The third-order valence-electron chi connectivity index (χ3n) is 2.76. The summed E-state index contributed by atoms with van der Waals surface area (Å²) in [4.78, 5) is 2.72. The van der Waals surface area contributed by atoms with Crippen LogP contribution in [-0.4, -0.2) is 28.5 Å². The Labute approximate surface area is 117 Å². The predicted molar refractivity (Wildman–Crippen MR) is 69.2 cm³/mol. The van der Waals surface area contributed by atoms with Crippen molar-refractivity contribution in [2.45, 2.75) is 25.8 Å². The van der Waals surface area contributed by atoms with Gasteiger partial charge in [0.2, 0.25) is 0 Å². The minimum absolute atomic E-state index is 0.0486. The van der Waals surface area contributed by atoms with Crippen molar-refractivity contribution in [3.05, 3.63) is 23.0 Å². The largest absolute Gasteiger partial charge is 0.492 e. The Hall–Kier alpha value is -1.57. The Balaban J connectivity index is 2.52. The van der Waals surface area contributed by atoms with E-state index in [-0.39, 0.29) is 4.77 Å². The molecule has 0 radical (unpaired) electrons. The number of halogens is 4. The molecule has 110 valence electrons. The van der Waals surface area contributed by atoms with Gasteiger partial charge in [-0.25, -0.2) is 8.78 Å². The van der Waals surface area contributed by atoms with Crippen molar-refractivity contribution in [2.75, 3.05) is 6.61 Å². The molecule has 0 fully saturated rings. The molecule has 2 rings (SSSR count). The van der Waals surface area contributed by atoms with Gasteiger partial charge in [-0.1, -0.05) is 6.07 Å². The van der Waals surface area contributed by atoms with E-state index in [9.17, 15) is 17.6 Å². The first-order chi connectivity index (χ1) is 9.36. The molecule has 0 amide bonds. The Morgan fingerprint density at radius 3 is 2.70 bits per heavy atom. The lowest BCUT2D eigenvalue weighted by Gasteiger charge is -2.16. The Kier molecular flexibility index (Phi) is 4.03. The summed E-state index contributed by atoms with van der Waals surface area (Å²) in [5.41, 5.74) is 0.727. The average Bonchev–Trinajstić information content (AvgIpc) is 2.67. The molecule has 1 aromatic heterocycles. The lowest BCUT2D eigenvalue weighted by atomic mass is 10.2. The van der Waals surface area contributed by atoms with E-state index in [1.807, 2.05) is 0 Å². The maximum Gasteiger partial charge on any atom is 0.324 e. The quantitative estimate of drug-likeness (QED) is 0.668. The lowest BCUT2D eigenvalue weighted by Crippen LogP contribution is -2.32. The van der Waals surface area contributed by atoms with Crippen LogP contribution in [0.2, 0.25) is 0 Å². The third kappa shape index (κ3) is 2.65. The summed E-state index contributed by atoms with van der Waals surface area (Å²) in [6, 6.07) is 4.76. The van der Waals surface area contributed by atoms with Crippen LogP contribution in [0.4, 0.5) is 17.6 Å². The first-order valence-electron chi connectivity index (χ1n) is 5.87. The minimum atomic E-state index is -4.14. The van der Waals surface area contributed by atoms with E-state index in [4.69, 9.17) is 17.0 Å². The fourth-order valence-corrected chi connectivity index (χ4v) is 2.13. The van der Waals surface area contributed by atoms with Crippen molar-refractivity contribution in [2.24, 2.45) is 0 Å². The molecule has 0 spiro atoms. The monoisotopic (exact) mass is 308 g/mol. The van der Waals surface area contributed by atoms with Gasteiger partial charge in [-0.3, -0.25) is 0 Å². The van der Waals surface area contributed by atoms with E-state index in [1.165, 1.54) is 6.07 Å². The van der Waals surface area contributed by atoms with E-state index in [2.05, 4.69) is 4.98 Å². The molecular weight excluding hydrogens is 296 g/mol. The average molecular weight is 308 g/mol. The molecule has 8 heteroatoms. The van der Waals surface area contributed by atoms with Crippen molar-refractivity contribution in [3.63, 3.8) is 0 Å². The molecule has 1 heterocycles. The maximum atomic E-state index is 13.2. The van der Waals surface area contributed by atoms with Gasteiger partial charge in [0, 0.05) is 0 Å². The number of imidazole rings is 1. The van der Waals surface area contributed by atoms with Crippen molar-refractivity contribution < 1.29 is 22.3 Å². The summed E-state index contributed by atoms with van der Waals surface area (Å²) >= 11 is 4.92. The van der Waals surface area contributed by atoms with Crippen LogP contribution in [0.15, 0.2) is 18.2 Å². The van der Waals surface area contributed by atoms with Crippen LogP contribution in [0.3, 0.4) is 0 Å². The smallest absolute Gasteiger partial charge is 0.324 e. The highest BCUT2D eigenvalue weighted by Crippen LogP contribution is 2.30. The third-order valence-corrected chi connectivity index (χ3v) is 3.08. The fraction of sp³-hybridized carbons (Fsp3) is 0.417. The second-order valence-corrected chi connectivity index (χ2v) is 4.55. The summed E-state index contributed by atoms with van der Waals surface area (Å²) in [5, 5.41) is 0. The van der Waals surface area contributed by atoms with Gasteiger partial charge in [0.05, 0.1) is 18.7 Å². The summed E-state index contributed by atoms with van der Waals surface area (Å²) < 4.78 is 57.3. The van der Waals surface area contributed by atoms with E-state index >= 15 is 0 Å². The molecule has 2 aromatic rings. The molecule has 0 saturated heterocycles. The highest BCUT2D eigenvalue weighted by molar-refractivity contribution is 7.71. The number of hydrogen-bond acceptors (Lipinski definition) is 2. The van der Waals surface area contributed by atoms with E-state index in [0.717, 1.165) is 4.57 Å². The van der Waals surface area contributed by atoms with Crippen molar-refractivity contribution in [1.29, 1.82) is 0 Å². The van der Waals surface area contributed by atoms with Crippen LogP contribution in [0, 0.1) is 4.77 Å². The van der Waals surface area contributed by atoms with E-state index in [1.54, 1.807) is 19.1 Å². The molecule has 1 aromatic carbocycles. The summed E-state index contributed by atoms with van der Waals surface area (Å²) in [6.07, 6.45) is -3.75. The Morgan fingerprint density at radius 2 is 2.10 bits per heavy atom. The molecular formula is C12H12F4N2OS. The SMILES string of the molecule is CCOc1cccc2c1[nH]c(=S)n2CC(F)(F)C(F)F. The zero-order valence-corrected chi connectivity index (χ0v) is 11.3. The molecule has 0 unspecified atom stereocenters. The molecule has 20 heavy (non-hydrogen) atoms. The number of hydrogen-bond donors (Lipinski definition) is 1. The summed E-state index contributed by atoms with van der Waals surface area (Å²) in [7, 11) is 0. The molecule has 3 nitrogen and oxygen atoms in total. The number of alkyl halides is 4. The lowest BCUT2D eigenvalue weighted by molar-refractivity contribution is -0.137. The fourth-order valence-electron chi connectivity index (χ4n) is 1.87. The highest BCUT2D eigenvalue weighted by atomic mass is 32.1. The van der Waals surface area contributed by atoms with Crippen LogP contribution in [0.5, 0.6) is 5.75 Å². The zero-order valence-electron chi connectivity index (χ0n) is 10.5. The highest BCUT2D eigenvalue weighted by Gasteiger charge is 2.41. The predicted octanol–water partition coefficient (Wildman–Crippen LogP) is 4.00. The number of benzene rings is 1. The Bertz CT molecular complexity index is 665. The number of nitrogens with zero attached hydrogens (tertiary/aromatic N) is 1. The summed E-state index contributed by atoms with van der Waals surface area (Å²) in [5.74, 6) is -3.70. The van der Waals surface area contributed by atoms with Crippen LogP contribution >= 0.6 is 12.2 Å². The maximum absolute atomic E-state index is 13.2. The molecule has 0 saturated carbocycles. The van der Waals surface area contributed by atoms with Gasteiger partial charge >= 0.3 is 12.3 Å². The number of aromatic nitrogens is 2. The van der Waals surface area contributed by atoms with Gasteiger partial charge in [0.15, 0.2) is 4.77 Å². The number of fused-ring (bicyclic) bond motifs is 1. The number of ether oxygens (including phenoxy) is 1. The van der Waals surface area contributed by atoms with Crippen LogP contribution in [0.25, 0.3) is 11.0 Å². The van der Waals surface area contributed by atoms with Crippen molar-refractivity contribution >= 4 is 23.3 Å². The second kappa shape index (κ2) is 5.43. The van der Waals surface area contributed by atoms with Crippen LogP contribution in [0.1, 0.15) is 6.92 Å². The van der Waals surface area contributed by atoms with Crippen LogP contribution in [-0.2, 0) is 6.54 Å². The van der Waals surface area contributed by atoms with Gasteiger partial charge in [-0.15, -0.1) is 0 Å². The van der Waals surface area contributed by atoms with Gasteiger partial charge in [-0.2, -0.15) is 8.78 Å². The van der Waals surface area contributed by atoms with E-state index < -0.39 is 18.9 Å². The molecule has 1 N–H and O–H groups in total. The molecule has 0 atom stereocenters.